The van der Waals surface area contributed by atoms with Crippen LogP contribution in [0.1, 0.15) is 37.1 Å². The maximum atomic E-state index is 13.5. The molecule has 0 saturated carbocycles. The number of amides is 3. The molecule has 1 aromatic heterocycles. The number of fused-ring (bicyclic) bond motifs is 2. The molecule has 2 heterocycles. The maximum absolute atomic E-state index is 13.5. The van der Waals surface area contributed by atoms with E-state index >= 15 is 0 Å². The van der Waals surface area contributed by atoms with Crippen LogP contribution in [-0.4, -0.2) is 79.5 Å². The first-order chi connectivity index (χ1) is 14.6. The minimum absolute atomic E-state index is 0.0150. The number of thiophene rings is 1. The van der Waals surface area contributed by atoms with Crippen molar-refractivity contribution in [1.29, 1.82) is 0 Å². The Balaban J connectivity index is 1.74. The Morgan fingerprint density at radius 1 is 1.23 bits per heavy atom. The summed E-state index contributed by atoms with van der Waals surface area (Å²) in [6.45, 7) is 5.76. The molecule has 5 N–H and O–H groups in total. The van der Waals surface area contributed by atoms with Gasteiger partial charge in [-0.05, 0) is 78.7 Å². The van der Waals surface area contributed by atoms with Gasteiger partial charge in [-0.2, -0.15) is 0 Å². The number of piperidine rings is 1. The van der Waals surface area contributed by atoms with E-state index in [1.807, 2.05) is 27.9 Å². The summed E-state index contributed by atoms with van der Waals surface area (Å²) >= 11 is 1.60. The first-order valence-electron chi connectivity index (χ1n) is 11.2. The Morgan fingerprint density at radius 2 is 1.94 bits per heavy atom. The van der Waals surface area contributed by atoms with Crippen molar-refractivity contribution in [2.24, 2.45) is 11.8 Å². The first kappa shape index (κ1) is 23.8. The van der Waals surface area contributed by atoms with Crippen LogP contribution < -0.4 is 16.8 Å². The normalized spacial score (nSPS) is 23.5. The van der Waals surface area contributed by atoms with Gasteiger partial charge in [0.15, 0.2) is 0 Å². The topological polar surface area (TPSA) is 108 Å². The number of nitrogens with zero attached hydrogens (tertiary/aromatic N) is 3. The van der Waals surface area contributed by atoms with Crippen LogP contribution in [0.25, 0.3) is 0 Å². The Labute approximate surface area is 189 Å². The first-order valence-corrected chi connectivity index (χ1v) is 12.0. The van der Waals surface area contributed by atoms with Crippen molar-refractivity contribution >= 4 is 34.0 Å². The number of rotatable bonds is 6. The highest BCUT2D eigenvalue weighted by atomic mass is 32.1. The van der Waals surface area contributed by atoms with E-state index in [1.165, 1.54) is 15.3 Å². The van der Waals surface area contributed by atoms with E-state index < -0.39 is 0 Å². The molecule has 1 aromatic rings. The number of hydrogen-bond acceptors (Lipinski definition) is 7. The third-order valence-electron chi connectivity index (χ3n) is 6.49. The fourth-order valence-electron chi connectivity index (χ4n) is 4.95. The number of nitrogen functional groups attached to an aromatic ring is 2. The Bertz CT molecular complexity index is 808. The fraction of sp³-hybridized carbons (Fsp3) is 0.727. The van der Waals surface area contributed by atoms with Gasteiger partial charge in [-0.3, -0.25) is 9.69 Å². The summed E-state index contributed by atoms with van der Waals surface area (Å²) in [4.78, 5) is 33.4. The van der Waals surface area contributed by atoms with Gasteiger partial charge >= 0.3 is 6.03 Å². The summed E-state index contributed by atoms with van der Waals surface area (Å²) in [5.74, 6) is 0.0846. The Kier molecular flexibility index (Phi) is 7.49. The minimum Gasteiger partial charge on any atom is -0.396 e. The molecular weight excluding hydrogens is 412 g/mol. The Hall–Kier alpha value is -1.84. The Morgan fingerprint density at radius 3 is 2.58 bits per heavy atom. The zero-order valence-corrected chi connectivity index (χ0v) is 20.3. The number of carbonyl (C=O) groups is 2. The number of likely N-dealkylation sites (N-methyl/N-ethyl adjacent to an activating group) is 1. The predicted octanol–water partition coefficient (Wildman–Crippen LogP) is 1.85. The molecule has 1 aliphatic heterocycles. The van der Waals surface area contributed by atoms with Crippen LogP contribution in [0.2, 0.25) is 0 Å². The summed E-state index contributed by atoms with van der Waals surface area (Å²) in [5.41, 5.74) is 14.2. The molecule has 2 aliphatic rings. The molecule has 3 amide bonds. The van der Waals surface area contributed by atoms with Gasteiger partial charge in [0.2, 0.25) is 5.91 Å². The van der Waals surface area contributed by atoms with Gasteiger partial charge < -0.3 is 26.6 Å². The van der Waals surface area contributed by atoms with Crippen molar-refractivity contribution in [2.45, 2.75) is 51.6 Å². The number of anilines is 2. The molecule has 1 aliphatic carbocycles. The molecule has 0 unspecified atom stereocenters. The molecule has 1 fully saturated rings. The summed E-state index contributed by atoms with van der Waals surface area (Å²) in [6.07, 6.45) is 3.32. The lowest BCUT2D eigenvalue weighted by Crippen LogP contribution is -2.56. The molecular formula is C22H38N6O2S. The number of likely N-dealkylation sites (tertiary alicyclic amines) is 1. The molecule has 31 heavy (non-hydrogen) atoms. The smallest absolute Gasteiger partial charge is 0.324 e. The average molecular weight is 451 g/mol. The SMILES string of the molecule is CC(C)NC(=O)N(CCCN(C)C)C(=O)[C@@H]1C[C@@H]2Cc3c(sc(N)c3N)C[C@H]2N(C)C1. The molecule has 9 heteroatoms. The summed E-state index contributed by atoms with van der Waals surface area (Å²) in [6, 6.07) is 0.0869. The van der Waals surface area contributed by atoms with Crippen LogP contribution in [0.3, 0.4) is 0 Å². The molecule has 0 radical (unpaired) electrons. The lowest BCUT2D eigenvalue weighted by atomic mass is 9.74. The van der Waals surface area contributed by atoms with Gasteiger partial charge in [-0.15, -0.1) is 11.3 Å². The van der Waals surface area contributed by atoms with Crippen LogP contribution in [0, 0.1) is 11.8 Å². The van der Waals surface area contributed by atoms with Crippen molar-refractivity contribution < 1.29 is 9.59 Å². The second-order valence-electron chi connectivity index (χ2n) is 9.64. The molecule has 3 atom stereocenters. The highest BCUT2D eigenvalue weighted by Gasteiger charge is 2.43. The zero-order chi connectivity index (χ0) is 22.9. The second kappa shape index (κ2) is 9.75. The van der Waals surface area contributed by atoms with E-state index in [9.17, 15) is 9.59 Å². The lowest BCUT2D eigenvalue weighted by molar-refractivity contribution is -0.136. The highest BCUT2D eigenvalue weighted by Crippen LogP contribution is 2.44. The van der Waals surface area contributed by atoms with Crippen molar-refractivity contribution in [2.75, 3.05) is 52.2 Å². The van der Waals surface area contributed by atoms with E-state index in [-0.39, 0.29) is 23.9 Å². The van der Waals surface area contributed by atoms with Crippen molar-refractivity contribution in [3.63, 3.8) is 0 Å². The molecule has 0 spiro atoms. The quantitative estimate of drug-likeness (QED) is 0.610. The van der Waals surface area contributed by atoms with Gasteiger partial charge in [-0.1, -0.05) is 0 Å². The minimum atomic E-state index is -0.288. The largest absolute Gasteiger partial charge is 0.396 e. The van der Waals surface area contributed by atoms with Gasteiger partial charge in [0.1, 0.15) is 5.00 Å². The van der Waals surface area contributed by atoms with Crippen LogP contribution in [0.15, 0.2) is 0 Å². The monoisotopic (exact) mass is 450 g/mol. The van der Waals surface area contributed by atoms with Crippen LogP contribution >= 0.6 is 11.3 Å². The number of imide groups is 1. The highest BCUT2D eigenvalue weighted by molar-refractivity contribution is 7.16. The van der Waals surface area contributed by atoms with Crippen LogP contribution in [0.4, 0.5) is 15.5 Å². The van der Waals surface area contributed by atoms with E-state index in [2.05, 4.69) is 22.2 Å². The van der Waals surface area contributed by atoms with Crippen LogP contribution in [-0.2, 0) is 17.6 Å². The standard InChI is InChI=1S/C22H38N6O2S/c1-13(2)25-22(30)28(8-6-7-26(3)4)21(29)15-9-14-10-16-18(31-20(24)19(16)23)11-17(14)27(5)12-15/h13-15,17H,6-12,23-24H2,1-5H3,(H,25,30)/t14-,15-,17-/m1/s1. The predicted molar refractivity (Wildman–Crippen MR) is 127 cm³/mol. The van der Waals surface area contributed by atoms with Gasteiger partial charge in [0.05, 0.1) is 11.6 Å². The van der Waals surface area contributed by atoms with Gasteiger partial charge in [-0.25, -0.2) is 4.79 Å². The summed E-state index contributed by atoms with van der Waals surface area (Å²) < 4.78 is 0. The van der Waals surface area contributed by atoms with E-state index in [0.717, 1.165) is 37.9 Å². The lowest BCUT2D eigenvalue weighted by Gasteiger charge is -2.45. The number of nitrogens with two attached hydrogens (primary N) is 2. The van der Waals surface area contributed by atoms with Crippen molar-refractivity contribution in [3.05, 3.63) is 10.4 Å². The number of hydrogen-bond donors (Lipinski definition) is 3. The number of urea groups is 1. The van der Waals surface area contributed by atoms with Crippen molar-refractivity contribution in [3.8, 4) is 0 Å². The van der Waals surface area contributed by atoms with E-state index in [0.29, 0.717) is 30.1 Å². The number of carbonyl (C=O) groups excluding carboxylic acids is 2. The van der Waals surface area contributed by atoms with Gasteiger partial charge in [0, 0.05) is 30.1 Å². The summed E-state index contributed by atoms with van der Waals surface area (Å²) in [7, 11) is 6.08. The molecule has 0 aromatic carbocycles. The second-order valence-corrected chi connectivity index (χ2v) is 10.8. The molecule has 0 bridgehead atoms. The van der Waals surface area contributed by atoms with Gasteiger partial charge in [0.25, 0.3) is 0 Å². The average Bonchev–Trinajstić information content (AvgIpc) is 2.96. The molecule has 1 saturated heterocycles. The molecule has 174 valence electrons. The number of nitrogens with one attached hydrogen (secondary N) is 1. The maximum Gasteiger partial charge on any atom is 0.324 e. The third-order valence-corrected chi connectivity index (χ3v) is 7.59. The zero-order valence-electron chi connectivity index (χ0n) is 19.5. The fourth-order valence-corrected chi connectivity index (χ4v) is 6.02. The van der Waals surface area contributed by atoms with Crippen LogP contribution in [0.5, 0.6) is 0 Å². The molecule has 8 nitrogen and oxygen atoms in total. The van der Waals surface area contributed by atoms with Crippen molar-refractivity contribution in [1.82, 2.24) is 20.0 Å². The third kappa shape index (κ3) is 5.32. The molecule has 3 rings (SSSR count). The van der Waals surface area contributed by atoms with E-state index in [1.54, 1.807) is 11.3 Å². The summed E-state index contributed by atoms with van der Waals surface area (Å²) in [5, 5.41) is 3.61. The van der Waals surface area contributed by atoms with E-state index in [4.69, 9.17) is 11.5 Å².